The largest absolute Gasteiger partial charge is 0.507 e. The summed E-state index contributed by atoms with van der Waals surface area (Å²) in [7, 11) is 0. The van der Waals surface area contributed by atoms with E-state index in [2.05, 4.69) is 0 Å². The summed E-state index contributed by atoms with van der Waals surface area (Å²) in [5.74, 6) is -1.26. The summed E-state index contributed by atoms with van der Waals surface area (Å²) in [5, 5.41) is 12.9. The number of benzene rings is 3. The van der Waals surface area contributed by atoms with E-state index in [9.17, 15) is 14.7 Å². The number of hydrogen-bond donors (Lipinski definition) is 1. The van der Waals surface area contributed by atoms with Crippen LogP contribution in [0.5, 0.6) is 0 Å². The summed E-state index contributed by atoms with van der Waals surface area (Å²) in [6, 6.07) is 22.9. The SMILES string of the molecule is Cc1ccc(/C(O)=C2/C(=O)C(=O)N(c3cccc4ccccc34)C2c2ccco2)cc1. The molecule has 1 aliphatic rings. The molecule has 1 aromatic heterocycles. The third-order valence-corrected chi connectivity index (χ3v) is 5.61. The van der Waals surface area contributed by atoms with Crippen molar-refractivity contribution in [1.82, 2.24) is 0 Å². The number of aliphatic hydroxyl groups is 1. The number of fused-ring (bicyclic) bond motifs is 1. The van der Waals surface area contributed by atoms with Crippen LogP contribution in [0.1, 0.15) is 22.9 Å². The van der Waals surface area contributed by atoms with Gasteiger partial charge >= 0.3 is 0 Å². The van der Waals surface area contributed by atoms with Gasteiger partial charge in [-0.3, -0.25) is 14.5 Å². The van der Waals surface area contributed by atoms with Gasteiger partial charge in [-0.2, -0.15) is 0 Å². The maximum absolute atomic E-state index is 13.2. The molecular weight excluding hydrogens is 390 g/mol. The quantitative estimate of drug-likeness (QED) is 0.281. The van der Waals surface area contributed by atoms with E-state index >= 15 is 0 Å². The zero-order valence-corrected chi connectivity index (χ0v) is 16.8. The summed E-state index contributed by atoms with van der Waals surface area (Å²) in [6.45, 7) is 1.94. The van der Waals surface area contributed by atoms with Gasteiger partial charge in [0.25, 0.3) is 11.7 Å². The number of furan rings is 1. The van der Waals surface area contributed by atoms with Crippen LogP contribution in [0.2, 0.25) is 0 Å². The summed E-state index contributed by atoms with van der Waals surface area (Å²) >= 11 is 0. The molecular formula is C26H19NO4. The second-order valence-corrected chi connectivity index (χ2v) is 7.55. The van der Waals surface area contributed by atoms with Crippen LogP contribution in [0, 0.1) is 6.92 Å². The van der Waals surface area contributed by atoms with Gasteiger partial charge in [-0.25, -0.2) is 0 Å². The van der Waals surface area contributed by atoms with Crippen molar-refractivity contribution in [1.29, 1.82) is 0 Å². The topological polar surface area (TPSA) is 70.8 Å². The first-order valence-corrected chi connectivity index (χ1v) is 9.95. The Morgan fingerprint density at radius 3 is 2.39 bits per heavy atom. The zero-order valence-electron chi connectivity index (χ0n) is 16.8. The van der Waals surface area contributed by atoms with Crippen LogP contribution in [0.3, 0.4) is 0 Å². The van der Waals surface area contributed by atoms with E-state index in [1.165, 1.54) is 11.2 Å². The second kappa shape index (κ2) is 7.29. The van der Waals surface area contributed by atoms with Crippen LogP contribution in [-0.2, 0) is 9.59 Å². The number of amides is 1. The lowest BCUT2D eigenvalue weighted by molar-refractivity contribution is -0.132. The number of aliphatic hydroxyl groups excluding tert-OH is 1. The van der Waals surface area contributed by atoms with E-state index in [0.29, 0.717) is 17.0 Å². The highest BCUT2D eigenvalue weighted by Gasteiger charge is 2.48. The van der Waals surface area contributed by atoms with Gasteiger partial charge in [0, 0.05) is 10.9 Å². The number of Topliss-reactive ketones (excluding diaryl/α,β-unsaturated/α-hetero) is 1. The molecule has 5 rings (SSSR count). The monoisotopic (exact) mass is 409 g/mol. The number of aryl methyl sites for hydroxylation is 1. The standard InChI is InChI=1S/C26H19NO4/c1-16-11-13-18(14-12-16)24(28)22-23(21-10-5-15-31-21)27(26(30)25(22)29)20-9-4-7-17-6-2-3-8-19(17)20/h2-15,23,28H,1H3/b24-22-. The van der Waals surface area contributed by atoms with Gasteiger partial charge in [0.05, 0.1) is 17.5 Å². The molecule has 31 heavy (non-hydrogen) atoms. The fourth-order valence-electron chi connectivity index (χ4n) is 4.08. The first-order chi connectivity index (χ1) is 15.1. The van der Waals surface area contributed by atoms with Crippen LogP contribution in [0.4, 0.5) is 5.69 Å². The number of anilines is 1. The first kappa shape index (κ1) is 18.9. The van der Waals surface area contributed by atoms with Crippen molar-refractivity contribution in [2.75, 3.05) is 4.90 Å². The highest BCUT2D eigenvalue weighted by atomic mass is 16.3. The predicted octanol–water partition coefficient (Wildman–Crippen LogP) is 5.37. The number of rotatable bonds is 3. The Morgan fingerprint density at radius 2 is 1.65 bits per heavy atom. The molecule has 4 aromatic rings. The van der Waals surface area contributed by atoms with Gasteiger partial charge in [0.2, 0.25) is 0 Å². The number of carbonyl (C=O) groups excluding carboxylic acids is 2. The summed E-state index contributed by atoms with van der Waals surface area (Å²) in [6.07, 6.45) is 1.49. The van der Waals surface area contributed by atoms with Crippen LogP contribution in [-0.4, -0.2) is 16.8 Å². The Kier molecular flexibility index (Phi) is 4.44. The number of ketones is 1. The number of hydrogen-bond acceptors (Lipinski definition) is 4. The van der Waals surface area contributed by atoms with Crippen LogP contribution >= 0.6 is 0 Å². The van der Waals surface area contributed by atoms with E-state index in [1.54, 1.807) is 30.3 Å². The molecule has 1 atom stereocenters. The fourth-order valence-corrected chi connectivity index (χ4v) is 4.08. The number of carbonyl (C=O) groups is 2. The van der Waals surface area contributed by atoms with Gasteiger partial charge in [-0.05, 0) is 30.5 Å². The minimum atomic E-state index is -0.873. The Hall–Kier alpha value is -4.12. The minimum Gasteiger partial charge on any atom is -0.507 e. The number of nitrogens with zero attached hydrogens (tertiary/aromatic N) is 1. The summed E-state index contributed by atoms with van der Waals surface area (Å²) in [5.41, 5.74) is 2.09. The lowest BCUT2D eigenvalue weighted by Crippen LogP contribution is -2.29. The van der Waals surface area contributed by atoms with Gasteiger partial charge < -0.3 is 9.52 Å². The van der Waals surface area contributed by atoms with Crippen molar-refractivity contribution in [3.63, 3.8) is 0 Å². The smallest absolute Gasteiger partial charge is 0.300 e. The fraction of sp³-hybridized carbons (Fsp3) is 0.0769. The van der Waals surface area contributed by atoms with E-state index < -0.39 is 17.7 Å². The van der Waals surface area contributed by atoms with Crippen molar-refractivity contribution in [2.24, 2.45) is 0 Å². The predicted molar refractivity (Wildman–Crippen MR) is 119 cm³/mol. The van der Waals surface area contributed by atoms with Crippen molar-refractivity contribution >= 4 is 33.9 Å². The molecule has 1 saturated heterocycles. The zero-order chi connectivity index (χ0) is 21.5. The Bertz CT molecular complexity index is 1330. The highest BCUT2D eigenvalue weighted by molar-refractivity contribution is 6.52. The Balaban J connectivity index is 1.76. The molecule has 1 fully saturated rings. The van der Waals surface area contributed by atoms with Crippen molar-refractivity contribution in [2.45, 2.75) is 13.0 Å². The molecule has 2 heterocycles. The van der Waals surface area contributed by atoms with Crippen LogP contribution in [0.25, 0.3) is 16.5 Å². The molecule has 152 valence electrons. The second-order valence-electron chi connectivity index (χ2n) is 7.55. The van der Waals surface area contributed by atoms with Gasteiger partial charge in [0.1, 0.15) is 17.6 Å². The highest BCUT2D eigenvalue weighted by Crippen LogP contribution is 2.44. The molecule has 0 radical (unpaired) electrons. The maximum Gasteiger partial charge on any atom is 0.300 e. The average Bonchev–Trinajstić information content (AvgIpc) is 3.41. The van der Waals surface area contributed by atoms with Crippen LogP contribution in [0.15, 0.2) is 95.1 Å². The maximum atomic E-state index is 13.2. The van der Waals surface area contributed by atoms with Crippen LogP contribution < -0.4 is 4.90 Å². The normalized spacial score (nSPS) is 18.1. The molecule has 1 unspecified atom stereocenters. The van der Waals surface area contributed by atoms with E-state index in [1.807, 2.05) is 55.5 Å². The lowest BCUT2D eigenvalue weighted by Gasteiger charge is -2.24. The molecule has 0 aliphatic carbocycles. The van der Waals surface area contributed by atoms with Crippen molar-refractivity contribution < 1.29 is 19.1 Å². The molecule has 0 spiro atoms. The molecule has 1 aliphatic heterocycles. The van der Waals surface area contributed by atoms with Gasteiger partial charge in [-0.15, -0.1) is 0 Å². The molecule has 0 saturated carbocycles. The molecule has 5 heteroatoms. The Labute approximate surface area is 178 Å². The molecule has 3 aromatic carbocycles. The van der Waals surface area contributed by atoms with E-state index in [4.69, 9.17) is 4.42 Å². The van der Waals surface area contributed by atoms with Gasteiger partial charge in [0.15, 0.2) is 0 Å². The molecule has 5 nitrogen and oxygen atoms in total. The van der Waals surface area contributed by atoms with E-state index in [0.717, 1.165) is 16.3 Å². The van der Waals surface area contributed by atoms with Gasteiger partial charge in [-0.1, -0.05) is 66.2 Å². The minimum absolute atomic E-state index is 0.0109. The average molecular weight is 409 g/mol. The lowest BCUT2D eigenvalue weighted by atomic mass is 9.98. The third kappa shape index (κ3) is 3.02. The van der Waals surface area contributed by atoms with Crippen molar-refractivity contribution in [3.05, 3.63) is 108 Å². The first-order valence-electron chi connectivity index (χ1n) is 9.95. The summed E-state index contributed by atoms with van der Waals surface area (Å²) in [4.78, 5) is 27.8. The molecule has 1 amide bonds. The third-order valence-electron chi connectivity index (χ3n) is 5.61. The molecule has 1 N–H and O–H groups in total. The van der Waals surface area contributed by atoms with E-state index in [-0.39, 0.29) is 11.3 Å². The van der Waals surface area contributed by atoms with Crippen molar-refractivity contribution in [3.8, 4) is 0 Å². The Morgan fingerprint density at radius 1 is 0.903 bits per heavy atom. The molecule has 0 bridgehead atoms. The summed E-state index contributed by atoms with van der Waals surface area (Å²) < 4.78 is 5.62.